The molecular weight excluding hydrogens is 368 g/mol. The van der Waals surface area contributed by atoms with Gasteiger partial charge in [0.1, 0.15) is 5.75 Å². The van der Waals surface area contributed by atoms with Crippen molar-refractivity contribution < 1.29 is 15.1 Å². The number of aromatic nitrogens is 2. The molecular formula is C23H20N2O4. The Kier molecular flexibility index (Phi) is 4.91. The van der Waals surface area contributed by atoms with Crippen LogP contribution in [0.5, 0.6) is 11.6 Å². The largest absolute Gasteiger partial charge is 0.497 e. The zero-order valence-corrected chi connectivity index (χ0v) is 15.9. The van der Waals surface area contributed by atoms with Crippen molar-refractivity contribution in [1.82, 2.24) is 9.71 Å². The number of nitrogens with zero attached hydrogens (tertiary/aromatic N) is 2. The molecule has 0 bridgehead atoms. The van der Waals surface area contributed by atoms with Gasteiger partial charge in [-0.15, -0.1) is 4.73 Å². The summed E-state index contributed by atoms with van der Waals surface area (Å²) in [6.07, 6.45) is 3.06. The van der Waals surface area contributed by atoms with E-state index >= 15 is 0 Å². The summed E-state index contributed by atoms with van der Waals surface area (Å²) in [5.41, 5.74) is 2.25. The predicted octanol–water partition coefficient (Wildman–Crippen LogP) is 3.80. The molecule has 2 N–H and O–H groups in total. The summed E-state index contributed by atoms with van der Waals surface area (Å²) < 4.78 is 5.73. The number of benzene rings is 2. The molecule has 2 aromatic heterocycles. The van der Waals surface area contributed by atoms with E-state index in [0.717, 1.165) is 23.3 Å². The highest BCUT2D eigenvalue weighted by Crippen LogP contribution is 2.28. The fraction of sp³-hybridized carbons (Fsp3) is 0.130. The molecule has 0 aliphatic carbocycles. The summed E-state index contributed by atoms with van der Waals surface area (Å²) in [6.45, 7) is 0. The number of pyridine rings is 2. The van der Waals surface area contributed by atoms with Gasteiger partial charge in [0.15, 0.2) is 5.65 Å². The Morgan fingerprint density at radius 1 is 1.00 bits per heavy atom. The van der Waals surface area contributed by atoms with E-state index in [4.69, 9.17) is 4.74 Å². The molecule has 0 atom stereocenters. The number of aromatic hydroxyl groups is 1. The molecule has 0 saturated carbocycles. The lowest BCUT2D eigenvalue weighted by molar-refractivity contribution is 0.163. The summed E-state index contributed by atoms with van der Waals surface area (Å²) in [6, 6.07) is 18.3. The number of methoxy groups -OCH3 is 1. The zero-order valence-electron chi connectivity index (χ0n) is 15.9. The second-order valence-corrected chi connectivity index (χ2v) is 6.77. The average Bonchev–Trinajstić information content (AvgIpc) is 2.77. The van der Waals surface area contributed by atoms with E-state index in [1.54, 1.807) is 43.6 Å². The highest BCUT2D eigenvalue weighted by Gasteiger charge is 2.19. The maximum atomic E-state index is 13.1. The van der Waals surface area contributed by atoms with Gasteiger partial charge in [0.2, 0.25) is 11.3 Å². The third-order valence-electron chi connectivity index (χ3n) is 4.94. The Balaban J connectivity index is 1.72. The molecule has 4 rings (SSSR count). The smallest absolute Gasteiger partial charge is 0.239 e. The maximum Gasteiger partial charge on any atom is 0.239 e. The molecule has 0 spiro atoms. The van der Waals surface area contributed by atoms with Crippen LogP contribution < -0.4 is 10.2 Å². The van der Waals surface area contributed by atoms with E-state index in [9.17, 15) is 15.1 Å². The number of ether oxygens (including phenoxy) is 1. The molecule has 4 aromatic rings. The Morgan fingerprint density at radius 3 is 2.38 bits per heavy atom. The summed E-state index contributed by atoms with van der Waals surface area (Å²) in [5.74, 6) is 0.282. The van der Waals surface area contributed by atoms with Crippen molar-refractivity contribution in [2.75, 3.05) is 7.11 Å². The maximum absolute atomic E-state index is 13.1. The van der Waals surface area contributed by atoms with Gasteiger partial charge >= 0.3 is 0 Å². The number of fused-ring (bicyclic) bond motifs is 1. The molecule has 2 aromatic carbocycles. The van der Waals surface area contributed by atoms with E-state index in [1.165, 1.54) is 0 Å². The van der Waals surface area contributed by atoms with Crippen LogP contribution in [0.15, 0.2) is 71.7 Å². The molecule has 6 nitrogen and oxygen atoms in total. The van der Waals surface area contributed by atoms with E-state index in [-0.39, 0.29) is 22.0 Å². The standard InChI is InChI=1S/C23H20N2O4/c1-29-18-11-9-15(10-12-18)7-8-16-13-19-21(26)20(17-5-3-2-4-6-17)23(27)25(28)22(19)24-14-16/h2-6,9-14,27-28H,7-8H2,1H3. The molecule has 29 heavy (non-hydrogen) atoms. The SMILES string of the molecule is COc1ccc(CCc2cnc3c(c2)c(=O)c(-c2ccccc2)c(O)n3O)cc1. The normalized spacial score (nSPS) is 10.9. The van der Waals surface area contributed by atoms with Crippen LogP contribution in [0.3, 0.4) is 0 Å². The first-order valence-corrected chi connectivity index (χ1v) is 9.22. The van der Waals surface area contributed by atoms with Gasteiger partial charge in [-0.25, -0.2) is 4.98 Å². The first-order valence-electron chi connectivity index (χ1n) is 9.22. The summed E-state index contributed by atoms with van der Waals surface area (Å²) in [4.78, 5) is 17.3. The molecule has 0 radical (unpaired) electrons. The molecule has 0 aliphatic rings. The van der Waals surface area contributed by atoms with Gasteiger partial charge < -0.3 is 15.1 Å². The lowest BCUT2D eigenvalue weighted by atomic mass is 10.0. The predicted molar refractivity (Wildman–Crippen MR) is 111 cm³/mol. The summed E-state index contributed by atoms with van der Waals surface area (Å²) in [7, 11) is 1.63. The van der Waals surface area contributed by atoms with Crippen LogP contribution in [-0.4, -0.2) is 27.1 Å². The van der Waals surface area contributed by atoms with E-state index in [0.29, 0.717) is 16.7 Å². The average molecular weight is 388 g/mol. The van der Waals surface area contributed by atoms with Crippen LogP contribution in [0, 0.1) is 0 Å². The summed E-state index contributed by atoms with van der Waals surface area (Å²) in [5, 5.41) is 20.9. The van der Waals surface area contributed by atoms with Crippen LogP contribution >= 0.6 is 0 Å². The lowest BCUT2D eigenvalue weighted by Crippen LogP contribution is -2.13. The number of hydrogen-bond donors (Lipinski definition) is 2. The van der Waals surface area contributed by atoms with Crippen molar-refractivity contribution in [2.45, 2.75) is 12.8 Å². The van der Waals surface area contributed by atoms with Crippen molar-refractivity contribution in [2.24, 2.45) is 0 Å². The monoisotopic (exact) mass is 388 g/mol. The van der Waals surface area contributed by atoms with Crippen LogP contribution in [0.1, 0.15) is 11.1 Å². The Bertz CT molecular complexity index is 1220. The minimum absolute atomic E-state index is 0.0281. The Labute approximate surface area is 167 Å². The second-order valence-electron chi connectivity index (χ2n) is 6.77. The molecule has 2 heterocycles. The van der Waals surface area contributed by atoms with Crippen molar-refractivity contribution in [3.63, 3.8) is 0 Å². The van der Waals surface area contributed by atoms with Gasteiger partial charge in [-0.3, -0.25) is 4.79 Å². The fourth-order valence-electron chi connectivity index (χ4n) is 3.36. The van der Waals surface area contributed by atoms with E-state index in [1.807, 2.05) is 30.3 Å². The lowest BCUT2D eigenvalue weighted by Gasteiger charge is -2.11. The van der Waals surface area contributed by atoms with Crippen LogP contribution in [0.2, 0.25) is 0 Å². The fourth-order valence-corrected chi connectivity index (χ4v) is 3.36. The third-order valence-corrected chi connectivity index (χ3v) is 4.94. The topological polar surface area (TPSA) is 84.6 Å². The van der Waals surface area contributed by atoms with Crippen molar-refractivity contribution in [1.29, 1.82) is 0 Å². The molecule has 6 heteroatoms. The van der Waals surface area contributed by atoms with Gasteiger partial charge in [0.05, 0.1) is 18.1 Å². The van der Waals surface area contributed by atoms with Crippen LogP contribution in [0.25, 0.3) is 22.2 Å². The third kappa shape index (κ3) is 3.52. The first kappa shape index (κ1) is 18.6. The number of rotatable bonds is 5. The minimum atomic E-state index is -0.521. The van der Waals surface area contributed by atoms with Crippen molar-refractivity contribution >= 4 is 11.0 Å². The van der Waals surface area contributed by atoms with Crippen molar-refractivity contribution in [3.8, 4) is 22.8 Å². The van der Waals surface area contributed by atoms with Gasteiger partial charge in [0, 0.05) is 6.20 Å². The number of hydrogen-bond acceptors (Lipinski definition) is 5. The minimum Gasteiger partial charge on any atom is -0.497 e. The highest BCUT2D eigenvalue weighted by atomic mass is 16.5. The van der Waals surface area contributed by atoms with Crippen LogP contribution in [0.4, 0.5) is 0 Å². The zero-order chi connectivity index (χ0) is 20.4. The van der Waals surface area contributed by atoms with Gasteiger partial charge in [-0.05, 0) is 47.7 Å². The highest BCUT2D eigenvalue weighted by molar-refractivity contribution is 5.84. The molecule has 146 valence electrons. The van der Waals surface area contributed by atoms with Gasteiger partial charge in [0.25, 0.3) is 0 Å². The Morgan fingerprint density at radius 2 is 1.69 bits per heavy atom. The van der Waals surface area contributed by atoms with Crippen molar-refractivity contribution in [3.05, 3.63) is 88.2 Å². The second kappa shape index (κ2) is 7.67. The molecule has 0 unspecified atom stereocenters. The van der Waals surface area contributed by atoms with Gasteiger partial charge in [-0.1, -0.05) is 42.5 Å². The summed E-state index contributed by atoms with van der Waals surface area (Å²) >= 11 is 0. The van der Waals surface area contributed by atoms with Gasteiger partial charge in [-0.2, -0.15) is 0 Å². The molecule has 0 saturated heterocycles. The Hall–Kier alpha value is -3.80. The molecule has 0 fully saturated rings. The quantitative estimate of drug-likeness (QED) is 0.508. The molecule has 0 amide bonds. The van der Waals surface area contributed by atoms with E-state index < -0.39 is 5.88 Å². The number of aryl methyl sites for hydroxylation is 2. The van der Waals surface area contributed by atoms with E-state index in [2.05, 4.69) is 4.98 Å². The molecule has 0 aliphatic heterocycles. The first-order chi connectivity index (χ1) is 14.1. The van der Waals surface area contributed by atoms with Crippen LogP contribution in [-0.2, 0) is 12.8 Å².